The lowest BCUT2D eigenvalue weighted by Gasteiger charge is -2.47. The summed E-state index contributed by atoms with van der Waals surface area (Å²) in [6.45, 7) is 0.922. The number of hydrogen-bond donors (Lipinski definition) is 2. The molecule has 0 aliphatic carbocycles. The summed E-state index contributed by atoms with van der Waals surface area (Å²) < 4.78 is 78.1. The number of aliphatic hydroxyl groups excluding tert-OH is 2. The molecule has 2 fully saturated rings. The van der Waals surface area contributed by atoms with Crippen molar-refractivity contribution in [3.63, 3.8) is 0 Å². The van der Waals surface area contributed by atoms with Crippen LogP contribution >= 0.6 is 23.2 Å². The van der Waals surface area contributed by atoms with Gasteiger partial charge in [-0.25, -0.2) is 18.7 Å². The fraction of sp³-hybridized carbons (Fsp3) is 0.312. The molecule has 0 amide bonds. The van der Waals surface area contributed by atoms with Crippen LogP contribution in [-0.2, 0) is 27.0 Å². The minimum Gasteiger partial charge on any atom is -0.392 e. The zero-order valence-corrected chi connectivity index (χ0v) is 26.8. The maximum atomic E-state index is 14.6. The first-order valence-electron chi connectivity index (χ1n) is 14.9. The van der Waals surface area contributed by atoms with Gasteiger partial charge in [-0.1, -0.05) is 58.7 Å². The standard InChI is InChI=1S/C32H26Cl2F4N6O5/c1-15-39-30(44(41-15)23-11-19(33)7-8-20(23)32(36,37)38)29-27(46)26(28-24(48-29)14-47-31(49-28)16-5-3-2-4-6-16)43-12-22(40-42-43)17-9-18(13-45)25(34)21(35)10-17/h2-12,24,26-29,31,45-46H,13-14H2,1H3/t24-,26-,27-,28+,29-,31?/m1/s1. The molecule has 2 aliphatic heterocycles. The van der Waals surface area contributed by atoms with Crippen molar-refractivity contribution >= 4 is 23.2 Å². The van der Waals surface area contributed by atoms with Crippen molar-refractivity contribution < 1.29 is 42.0 Å². The molecule has 5 aromatic rings. The molecular formula is C32H26Cl2F4N6O5. The molecule has 6 atom stereocenters. The average Bonchev–Trinajstić information content (AvgIpc) is 3.72. The Hall–Kier alpha value is -3.96. The highest BCUT2D eigenvalue weighted by Gasteiger charge is 2.53. The summed E-state index contributed by atoms with van der Waals surface area (Å²) in [5.41, 5.74) is -0.201. The Labute approximate surface area is 285 Å². The largest absolute Gasteiger partial charge is 0.418 e. The summed E-state index contributed by atoms with van der Waals surface area (Å²) in [4.78, 5) is 4.38. The number of benzene rings is 3. The van der Waals surface area contributed by atoms with Crippen LogP contribution in [-0.4, -0.2) is 64.9 Å². The fourth-order valence-electron chi connectivity index (χ4n) is 6.09. The van der Waals surface area contributed by atoms with E-state index >= 15 is 0 Å². The van der Waals surface area contributed by atoms with Gasteiger partial charge in [-0.3, -0.25) is 0 Å². The summed E-state index contributed by atoms with van der Waals surface area (Å²) in [6.07, 6.45) is -8.93. The van der Waals surface area contributed by atoms with E-state index in [-0.39, 0.29) is 45.1 Å². The SMILES string of the molecule is Cc1nc([C@@H]2O[C@@H]3COC(c4ccccc4)O[C@@H]3[C@H](n3cc(-c4cc(F)c(Cl)c(CO)c4)nn3)[C@H]2O)n(-c2cc(Cl)ccc2C(F)(F)F)n1. The Morgan fingerprint density at radius 3 is 2.55 bits per heavy atom. The molecule has 0 bridgehead atoms. The molecule has 2 N–H and O–H groups in total. The molecule has 1 unspecified atom stereocenters. The molecular weight excluding hydrogens is 695 g/mol. The molecule has 0 spiro atoms. The summed E-state index contributed by atoms with van der Waals surface area (Å²) in [6, 6.07) is 13.6. The van der Waals surface area contributed by atoms with Gasteiger partial charge in [0.2, 0.25) is 0 Å². The highest BCUT2D eigenvalue weighted by atomic mass is 35.5. The number of halogens is 6. The van der Waals surface area contributed by atoms with Crippen LogP contribution in [0.25, 0.3) is 16.9 Å². The topological polar surface area (TPSA) is 130 Å². The smallest absolute Gasteiger partial charge is 0.392 e. The summed E-state index contributed by atoms with van der Waals surface area (Å²) in [5.74, 6) is -0.819. The van der Waals surface area contributed by atoms with Gasteiger partial charge in [-0.15, -0.1) is 5.10 Å². The Morgan fingerprint density at radius 2 is 1.82 bits per heavy atom. The minimum absolute atomic E-state index is 0.0179. The molecule has 2 aromatic heterocycles. The zero-order chi connectivity index (χ0) is 34.6. The van der Waals surface area contributed by atoms with E-state index in [0.717, 1.165) is 28.9 Å². The molecule has 7 rings (SSSR count). The maximum Gasteiger partial charge on any atom is 0.418 e. The Bertz CT molecular complexity index is 1990. The van der Waals surface area contributed by atoms with E-state index in [2.05, 4.69) is 20.4 Å². The van der Waals surface area contributed by atoms with Crippen LogP contribution in [0.3, 0.4) is 0 Å². The first-order valence-corrected chi connectivity index (χ1v) is 15.7. The van der Waals surface area contributed by atoms with Crippen LogP contribution < -0.4 is 0 Å². The van der Waals surface area contributed by atoms with Gasteiger partial charge in [0.25, 0.3) is 0 Å². The molecule has 2 saturated heterocycles. The van der Waals surface area contributed by atoms with Crippen LogP contribution in [0.2, 0.25) is 10.0 Å². The first kappa shape index (κ1) is 33.5. The predicted octanol–water partition coefficient (Wildman–Crippen LogP) is 5.95. The van der Waals surface area contributed by atoms with Crippen LogP contribution in [0.4, 0.5) is 17.6 Å². The normalized spacial score (nSPS) is 24.2. The third kappa shape index (κ3) is 6.31. The van der Waals surface area contributed by atoms with Crippen molar-refractivity contribution in [3.05, 3.63) is 111 Å². The Balaban J connectivity index is 1.32. The van der Waals surface area contributed by atoms with Gasteiger partial charge in [0.05, 0.1) is 35.7 Å². The van der Waals surface area contributed by atoms with E-state index in [0.29, 0.717) is 5.56 Å². The van der Waals surface area contributed by atoms with E-state index < -0.39 is 66.6 Å². The number of fused-ring (bicyclic) bond motifs is 1. The third-order valence-corrected chi connectivity index (χ3v) is 8.98. The van der Waals surface area contributed by atoms with Gasteiger partial charge in [0.15, 0.2) is 12.1 Å². The van der Waals surface area contributed by atoms with E-state index in [4.69, 9.17) is 37.4 Å². The lowest BCUT2D eigenvalue weighted by atomic mass is 9.91. The Morgan fingerprint density at radius 1 is 1.04 bits per heavy atom. The number of hydrogen-bond acceptors (Lipinski definition) is 9. The number of nitrogens with zero attached hydrogens (tertiary/aromatic N) is 6. The molecule has 3 aromatic carbocycles. The van der Waals surface area contributed by atoms with Crippen LogP contribution in [0.1, 0.15) is 46.8 Å². The average molecular weight is 721 g/mol. The van der Waals surface area contributed by atoms with Gasteiger partial charge in [0, 0.05) is 16.1 Å². The molecule has 17 heteroatoms. The van der Waals surface area contributed by atoms with Crippen LogP contribution in [0, 0.1) is 12.7 Å². The lowest BCUT2D eigenvalue weighted by molar-refractivity contribution is -0.319. The summed E-state index contributed by atoms with van der Waals surface area (Å²) in [5, 5.41) is 34.2. The van der Waals surface area contributed by atoms with Gasteiger partial charge in [-0.05, 0) is 42.8 Å². The molecule has 11 nitrogen and oxygen atoms in total. The molecule has 256 valence electrons. The van der Waals surface area contributed by atoms with Crippen LogP contribution in [0.15, 0.2) is 66.9 Å². The number of aliphatic hydroxyl groups is 2. The van der Waals surface area contributed by atoms with Crippen molar-refractivity contribution in [3.8, 4) is 16.9 Å². The van der Waals surface area contributed by atoms with Crippen molar-refractivity contribution in [1.29, 1.82) is 0 Å². The molecule has 4 heterocycles. The highest BCUT2D eigenvalue weighted by Crippen LogP contribution is 2.45. The molecule has 49 heavy (non-hydrogen) atoms. The van der Waals surface area contributed by atoms with Crippen molar-refractivity contribution in [2.45, 2.75) is 56.5 Å². The van der Waals surface area contributed by atoms with Crippen molar-refractivity contribution in [1.82, 2.24) is 29.8 Å². The third-order valence-electron chi connectivity index (χ3n) is 8.32. The monoisotopic (exact) mass is 720 g/mol. The first-order chi connectivity index (χ1) is 23.4. The molecule has 2 aliphatic rings. The number of aryl methyl sites for hydroxylation is 1. The maximum absolute atomic E-state index is 14.6. The summed E-state index contributed by atoms with van der Waals surface area (Å²) >= 11 is 12.1. The van der Waals surface area contributed by atoms with E-state index in [1.54, 1.807) is 12.1 Å². The van der Waals surface area contributed by atoms with Crippen LogP contribution in [0.5, 0.6) is 0 Å². The van der Waals surface area contributed by atoms with Crippen molar-refractivity contribution in [2.75, 3.05) is 6.61 Å². The molecule has 0 radical (unpaired) electrons. The van der Waals surface area contributed by atoms with E-state index in [9.17, 15) is 27.8 Å². The van der Waals surface area contributed by atoms with E-state index in [1.807, 2.05) is 18.2 Å². The number of rotatable bonds is 6. The Kier molecular flexibility index (Phi) is 8.94. The second-order valence-corrected chi connectivity index (χ2v) is 12.3. The van der Waals surface area contributed by atoms with Gasteiger partial charge in [-0.2, -0.15) is 18.3 Å². The van der Waals surface area contributed by atoms with Crippen molar-refractivity contribution in [2.24, 2.45) is 0 Å². The quantitative estimate of drug-likeness (QED) is 0.205. The number of alkyl halides is 3. The zero-order valence-electron chi connectivity index (χ0n) is 25.3. The van der Waals surface area contributed by atoms with Gasteiger partial charge in [0.1, 0.15) is 47.8 Å². The minimum atomic E-state index is -4.78. The second kappa shape index (κ2) is 13.1. The lowest BCUT2D eigenvalue weighted by Crippen LogP contribution is -2.57. The second-order valence-electron chi connectivity index (χ2n) is 11.5. The highest BCUT2D eigenvalue weighted by molar-refractivity contribution is 6.31. The van der Waals surface area contributed by atoms with Gasteiger partial charge < -0.3 is 24.4 Å². The van der Waals surface area contributed by atoms with Gasteiger partial charge >= 0.3 is 6.18 Å². The molecule has 0 saturated carbocycles. The number of aromatic nitrogens is 6. The summed E-state index contributed by atoms with van der Waals surface area (Å²) in [7, 11) is 0. The number of ether oxygens (including phenoxy) is 3. The fourth-order valence-corrected chi connectivity index (χ4v) is 6.42. The predicted molar refractivity (Wildman–Crippen MR) is 165 cm³/mol. The van der Waals surface area contributed by atoms with E-state index in [1.165, 1.54) is 23.9 Å².